The van der Waals surface area contributed by atoms with E-state index in [4.69, 9.17) is 11.6 Å². The Morgan fingerprint density at radius 1 is 1.25 bits per heavy atom. The molecule has 104 valence electrons. The number of benzene rings is 2. The van der Waals surface area contributed by atoms with Gasteiger partial charge in [-0.2, -0.15) is 0 Å². The average Bonchev–Trinajstić information content (AvgIpc) is 2.42. The summed E-state index contributed by atoms with van der Waals surface area (Å²) in [6.07, 6.45) is 0.762. The summed E-state index contributed by atoms with van der Waals surface area (Å²) < 4.78 is 0. The minimum atomic E-state index is -0.199. The minimum Gasteiger partial charge on any atom is -0.506 e. The molecule has 0 bridgehead atoms. The van der Waals surface area contributed by atoms with E-state index in [1.807, 2.05) is 37.3 Å². The van der Waals surface area contributed by atoms with E-state index in [0.717, 1.165) is 6.42 Å². The van der Waals surface area contributed by atoms with E-state index in [0.29, 0.717) is 5.56 Å². The van der Waals surface area contributed by atoms with Gasteiger partial charge < -0.3 is 10.4 Å². The lowest BCUT2D eigenvalue weighted by Crippen LogP contribution is -2.34. The first-order valence-corrected chi connectivity index (χ1v) is 6.77. The Kier molecular flexibility index (Phi) is 4.64. The Labute approximate surface area is 123 Å². The molecule has 2 aromatic rings. The van der Waals surface area contributed by atoms with Crippen molar-refractivity contribution in [2.45, 2.75) is 19.4 Å². The fourth-order valence-corrected chi connectivity index (χ4v) is 2.15. The molecule has 2 N–H and O–H groups in total. The third kappa shape index (κ3) is 3.75. The molecule has 0 aliphatic rings. The fourth-order valence-electron chi connectivity index (χ4n) is 1.97. The van der Waals surface area contributed by atoms with Crippen LogP contribution in [-0.4, -0.2) is 17.1 Å². The molecule has 0 aromatic heterocycles. The highest BCUT2D eigenvalue weighted by atomic mass is 35.5. The standard InChI is InChI=1S/C16H16ClNO2/c1-11(9-12-5-3-2-4-6-12)18-16(20)13-7-8-15(19)14(17)10-13/h2-8,10-11,19H,9H2,1H3,(H,18,20). The van der Waals surface area contributed by atoms with Gasteiger partial charge in [0, 0.05) is 11.6 Å². The van der Waals surface area contributed by atoms with Gasteiger partial charge in [-0.25, -0.2) is 0 Å². The number of halogens is 1. The second-order valence-electron chi connectivity index (χ2n) is 4.73. The zero-order chi connectivity index (χ0) is 14.5. The summed E-state index contributed by atoms with van der Waals surface area (Å²) in [5.41, 5.74) is 1.61. The van der Waals surface area contributed by atoms with Crippen molar-refractivity contribution in [3.63, 3.8) is 0 Å². The molecule has 3 nitrogen and oxygen atoms in total. The van der Waals surface area contributed by atoms with Crippen LogP contribution in [0.1, 0.15) is 22.8 Å². The maximum absolute atomic E-state index is 12.1. The van der Waals surface area contributed by atoms with Crippen molar-refractivity contribution >= 4 is 17.5 Å². The van der Waals surface area contributed by atoms with Gasteiger partial charge >= 0.3 is 0 Å². The maximum atomic E-state index is 12.1. The van der Waals surface area contributed by atoms with E-state index in [1.165, 1.54) is 17.7 Å². The molecule has 0 fully saturated rings. The van der Waals surface area contributed by atoms with Crippen LogP contribution in [0.4, 0.5) is 0 Å². The highest BCUT2D eigenvalue weighted by molar-refractivity contribution is 6.32. The molecule has 0 radical (unpaired) electrons. The Bertz CT molecular complexity index is 599. The normalized spacial score (nSPS) is 11.9. The molecule has 0 spiro atoms. The smallest absolute Gasteiger partial charge is 0.251 e. The number of hydrogen-bond acceptors (Lipinski definition) is 2. The SMILES string of the molecule is CC(Cc1ccccc1)NC(=O)c1ccc(O)c(Cl)c1. The lowest BCUT2D eigenvalue weighted by Gasteiger charge is -2.14. The van der Waals surface area contributed by atoms with Gasteiger partial charge in [0.1, 0.15) is 5.75 Å². The molecule has 1 unspecified atom stereocenters. The third-order valence-electron chi connectivity index (χ3n) is 2.97. The molecule has 1 atom stereocenters. The molecule has 0 aliphatic carbocycles. The summed E-state index contributed by atoms with van der Waals surface area (Å²) in [4.78, 5) is 12.1. The van der Waals surface area contributed by atoms with Crippen LogP contribution in [0.3, 0.4) is 0 Å². The first-order chi connectivity index (χ1) is 9.56. The van der Waals surface area contributed by atoms with Crippen LogP contribution in [0.5, 0.6) is 5.75 Å². The number of amides is 1. The molecule has 0 saturated carbocycles. The van der Waals surface area contributed by atoms with Crippen molar-refractivity contribution in [3.05, 3.63) is 64.7 Å². The van der Waals surface area contributed by atoms with Gasteiger partial charge in [0.2, 0.25) is 0 Å². The van der Waals surface area contributed by atoms with Crippen LogP contribution in [0, 0.1) is 0 Å². The van der Waals surface area contributed by atoms with Crippen LogP contribution >= 0.6 is 11.6 Å². The van der Waals surface area contributed by atoms with Crippen molar-refractivity contribution in [2.24, 2.45) is 0 Å². The third-order valence-corrected chi connectivity index (χ3v) is 3.27. The van der Waals surface area contributed by atoms with E-state index in [2.05, 4.69) is 5.32 Å². The minimum absolute atomic E-state index is 0.0116. The van der Waals surface area contributed by atoms with Crippen molar-refractivity contribution in [3.8, 4) is 5.75 Å². The fraction of sp³-hybridized carbons (Fsp3) is 0.188. The number of phenols is 1. The average molecular weight is 290 g/mol. The zero-order valence-corrected chi connectivity index (χ0v) is 11.9. The summed E-state index contributed by atoms with van der Waals surface area (Å²) in [5.74, 6) is -0.226. The second-order valence-corrected chi connectivity index (χ2v) is 5.14. The predicted octanol–water partition coefficient (Wildman–Crippen LogP) is 3.41. The van der Waals surface area contributed by atoms with Crippen LogP contribution in [0.15, 0.2) is 48.5 Å². The highest BCUT2D eigenvalue weighted by Gasteiger charge is 2.11. The van der Waals surface area contributed by atoms with Crippen molar-refractivity contribution in [1.29, 1.82) is 0 Å². The number of phenolic OH excluding ortho intramolecular Hbond substituents is 1. The van der Waals surface area contributed by atoms with Crippen molar-refractivity contribution in [2.75, 3.05) is 0 Å². The molecule has 4 heteroatoms. The molecular weight excluding hydrogens is 274 g/mol. The summed E-state index contributed by atoms with van der Waals surface area (Å²) in [7, 11) is 0. The zero-order valence-electron chi connectivity index (χ0n) is 11.1. The number of hydrogen-bond donors (Lipinski definition) is 2. The molecule has 1 amide bonds. The molecule has 2 rings (SSSR count). The number of nitrogens with one attached hydrogen (secondary N) is 1. The second kappa shape index (κ2) is 6.44. The maximum Gasteiger partial charge on any atom is 0.251 e. The lowest BCUT2D eigenvalue weighted by atomic mass is 10.1. The highest BCUT2D eigenvalue weighted by Crippen LogP contribution is 2.23. The summed E-state index contributed by atoms with van der Waals surface area (Å²) in [5, 5.41) is 12.4. The van der Waals surface area contributed by atoms with Crippen molar-refractivity contribution < 1.29 is 9.90 Å². The van der Waals surface area contributed by atoms with Gasteiger partial charge in [0.05, 0.1) is 5.02 Å². The van der Waals surface area contributed by atoms with Gasteiger partial charge in [-0.3, -0.25) is 4.79 Å². The lowest BCUT2D eigenvalue weighted by molar-refractivity contribution is 0.0940. The van der Waals surface area contributed by atoms with E-state index in [9.17, 15) is 9.90 Å². The number of aromatic hydroxyl groups is 1. The largest absolute Gasteiger partial charge is 0.506 e. The molecule has 0 aliphatic heterocycles. The molecular formula is C16H16ClNO2. The number of carbonyl (C=O) groups excluding carboxylic acids is 1. The van der Waals surface area contributed by atoms with Crippen LogP contribution in [0.25, 0.3) is 0 Å². The van der Waals surface area contributed by atoms with E-state index < -0.39 is 0 Å². The molecule has 0 saturated heterocycles. The number of rotatable bonds is 4. The quantitative estimate of drug-likeness (QED) is 0.906. The Morgan fingerprint density at radius 3 is 2.60 bits per heavy atom. The van der Waals surface area contributed by atoms with Gasteiger partial charge in [-0.1, -0.05) is 41.9 Å². The summed E-state index contributed by atoms with van der Waals surface area (Å²) >= 11 is 5.79. The summed E-state index contributed by atoms with van der Waals surface area (Å²) in [6, 6.07) is 14.4. The van der Waals surface area contributed by atoms with Crippen LogP contribution < -0.4 is 5.32 Å². The number of carbonyl (C=O) groups is 1. The Morgan fingerprint density at radius 2 is 1.95 bits per heavy atom. The Hall–Kier alpha value is -2.00. The van der Waals surface area contributed by atoms with Gasteiger partial charge in [0.25, 0.3) is 5.91 Å². The monoisotopic (exact) mass is 289 g/mol. The van der Waals surface area contributed by atoms with Crippen LogP contribution in [0.2, 0.25) is 5.02 Å². The van der Waals surface area contributed by atoms with Crippen molar-refractivity contribution in [1.82, 2.24) is 5.32 Å². The summed E-state index contributed by atoms with van der Waals surface area (Å²) in [6.45, 7) is 1.95. The van der Waals surface area contributed by atoms with E-state index in [-0.39, 0.29) is 22.7 Å². The topological polar surface area (TPSA) is 49.3 Å². The van der Waals surface area contributed by atoms with E-state index >= 15 is 0 Å². The predicted molar refractivity (Wildman–Crippen MR) is 80.2 cm³/mol. The molecule has 2 aromatic carbocycles. The first kappa shape index (κ1) is 14.4. The molecule has 20 heavy (non-hydrogen) atoms. The van der Waals surface area contributed by atoms with Gasteiger partial charge in [0.15, 0.2) is 0 Å². The Balaban J connectivity index is 1.98. The van der Waals surface area contributed by atoms with Crippen LogP contribution in [-0.2, 0) is 6.42 Å². The van der Waals surface area contributed by atoms with E-state index in [1.54, 1.807) is 6.07 Å². The molecule has 0 heterocycles. The first-order valence-electron chi connectivity index (χ1n) is 6.39. The van der Waals surface area contributed by atoms with Gasteiger partial charge in [-0.15, -0.1) is 0 Å². The van der Waals surface area contributed by atoms with Gasteiger partial charge in [-0.05, 0) is 37.1 Å².